The summed E-state index contributed by atoms with van der Waals surface area (Å²) in [4.78, 5) is 22.1. The summed E-state index contributed by atoms with van der Waals surface area (Å²) in [5.41, 5.74) is 2.18. The molecule has 42 heavy (non-hydrogen) atoms. The number of nitrogens with one attached hydrogen (secondary N) is 1. The van der Waals surface area contributed by atoms with Gasteiger partial charge in [0.25, 0.3) is 5.91 Å². The van der Waals surface area contributed by atoms with Crippen molar-refractivity contribution in [2.24, 2.45) is 5.41 Å². The van der Waals surface area contributed by atoms with Crippen LogP contribution in [0.15, 0.2) is 48.7 Å². The quantitative estimate of drug-likeness (QED) is 0.223. The molecular weight excluding hydrogens is 540 g/mol. The van der Waals surface area contributed by atoms with Crippen molar-refractivity contribution >= 4 is 17.4 Å². The number of hydrogen-bond donors (Lipinski definition) is 2. The van der Waals surface area contributed by atoms with Crippen LogP contribution in [0.4, 0.5) is 11.5 Å². The van der Waals surface area contributed by atoms with Gasteiger partial charge in [-0.05, 0) is 37.1 Å². The molecule has 11 nitrogen and oxygen atoms in total. The van der Waals surface area contributed by atoms with Gasteiger partial charge in [-0.1, -0.05) is 18.2 Å². The minimum absolute atomic E-state index is 0.0213. The maximum absolute atomic E-state index is 12.7. The van der Waals surface area contributed by atoms with Crippen molar-refractivity contribution in [1.29, 1.82) is 0 Å². The minimum atomic E-state index is -0.123. The highest BCUT2D eigenvalue weighted by atomic mass is 16.6. The van der Waals surface area contributed by atoms with E-state index >= 15 is 0 Å². The van der Waals surface area contributed by atoms with Crippen LogP contribution in [-0.4, -0.2) is 121 Å². The molecule has 2 aliphatic heterocycles. The summed E-state index contributed by atoms with van der Waals surface area (Å²) in [6.45, 7) is 9.06. The molecule has 232 valence electrons. The Bertz CT molecular complexity index is 1050. The number of hydrogen-bond acceptors (Lipinski definition) is 10. The minimum Gasteiger partial charge on any atom is -0.394 e. The summed E-state index contributed by atoms with van der Waals surface area (Å²) >= 11 is 0. The van der Waals surface area contributed by atoms with E-state index in [1.54, 1.807) is 12.3 Å². The summed E-state index contributed by atoms with van der Waals surface area (Å²) in [5.74, 6) is 0.744. The number of aliphatic hydroxyl groups excluding tert-OH is 1. The number of aliphatic hydroxyl groups is 1. The first kappa shape index (κ1) is 32.1. The lowest BCUT2D eigenvalue weighted by molar-refractivity contribution is -0.0130. The molecule has 2 fully saturated rings. The van der Waals surface area contributed by atoms with Crippen LogP contribution in [0.1, 0.15) is 23.2 Å². The van der Waals surface area contributed by atoms with Gasteiger partial charge in [0.2, 0.25) is 0 Å². The lowest BCUT2D eigenvalue weighted by atomic mass is 9.86. The van der Waals surface area contributed by atoms with E-state index in [0.29, 0.717) is 78.2 Å². The molecular formula is C31H46N4O7. The van der Waals surface area contributed by atoms with Gasteiger partial charge in [0.1, 0.15) is 5.82 Å². The zero-order valence-corrected chi connectivity index (χ0v) is 24.6. The molecule has 1 amide bonds. The van der Waals surface area contributed by atoms with E-state index in [1.165, 1.54) is 12.1 Å². The fourth-order valence-electron chi connectivity index (χ4n) is 5.38. The fourth-order valence-corrected chi connectivity index (χ4v) is 5.38. The number of carbonyl (C=O) groups is 1. The number of carbonyl (C=O) groups excluding carboxylic acids is 1. The van der Waals surface area contributed by atoms with Crippen molar-refractivity contribution < 1.29 is 33.6 Å². The van der Waals surface area contributed by atoms with Crippen LogP contribution in [0.25, 0.3) is 0 Å². The van der Waals surface area contributed by atoms with Gasteiger partial charge in [0.05, 0.1) is 72.7 Å². The Hall–Kier alpha value is -2.80. The molecule has 1 unspecified atom stereocenters. The zero-order chi connectivity index (χ0) is 29.3. The Morgan fingerprint density at radius 3 is 2.00 bits per heavy atom. The second-order valence-corrected chi connectivity index (χ2v) is 10.6. The van der Waals surface area contributed by atoms with Gasteiger partial charge in [0.15, 0.2) is 0 Å². The molecule has 0 radical (unpaired) electrons. The predicted molar refractivity (Wildman–Crippen MR) is 160 cm³/mol. The summed E-state index contributed by atoms with van der Waals surface area (Å²) in [6, 6.07) is 14.3. The first-order chi connectivity index (χ1) is 20.7. The number of amides is 1. The predicted octanol–water partition coefficient (Wildman–Crippen LogP) is 1.99. The highest BCUT2D eigenvalue weighted by molar-refractivity contribution is 5.94. The largest absolute Gasteiger partial charge is 0.394 e. The van der Waals surface area contributed by atoms with E-state index in [0.717, 1.165) is 38.4 Å². The topological polar surface area (TPSA) is 115 Å². The number of benzene rings is 1. The monoisotopic (exact) mass is 586 g/mol. The Balaban J connectivity index is 1.03. The number of aromatic nitrogens is 1. The molecule has 2 N–H and O–H groups in total. The summed E-state index contributed by atoms with van der Waals surface area (Å²) in [7, 11) is 0. The number of rotatable bonds is 20. The van der Waals surface area contributed by atoms with Crippen molar-refractivity contribution in [2.75, 3.05) is 115 Å². The van der Waals surface area contributed by atoms with Crippen LogP contribution in [0, 0.1) is 5.41 Å². The Kier molecular flexibility index (Phi) is 13.8. The highest BCUT2D eigenvalue weighted by Gasteiger charge is 2.43. The third-order valence-corrected chi connectivity index (χ3v) is 7.59. The Morgan fingerprint density at radius 1 is 0.786 bits per heavy atom. The fraction of sp³-hybridized carbons (Fsp3) is 0.613. The van der Waals surface area contributed by atoms with Crippen LogP contribution < -0.4 is 15.1 Å². The van der Waals surface area contributed by atoms with Gasteiger partial charge in [0, 0.05) is 55.6 Å². The molecule has 1 aromatic carbocycles. The molecule has 0 aliphatic carbocycles. The molecule has 0 saturated carbocycles. The van der Waals surface area contributed by atoms with Crippen LogP contribution >= 0.6 is 0 Å². The van der Waals surface area contributed by atoms with E-state index in [4.69, 9.17) is 28.8 Å². The Labute approximate surface area is 249 Å². The Morgan fingerprint density at radius 2 is 1.36 bits per heavy atom. The van der Waals surface area contributed by atoms with Crippen molar-refractivity contribution in [1.82, 2.24) is 10.3 Å². The SMILES string of the molecule is O=C(NCCOCCOCCOCCOCCOCCO)c1ccnc(N2CCC3(CCN(c4ccccc4)C3)C2)c1. The summed E-state index contributed by atoms with van der Waals surface area (Å²) in [6.07, 6.45) is 4.04. The smallest absolute Gasteiger partial charge is 0.251 e. The molecule has 1 spiro atoms. The second kappa shape index (κ2) is 18.0. The number of para-hydroxylation sites is 1. The van der Waals surface area contributed by atoms with E-state index in [9.17, 15) is 4.79 Å². The lowest BCUT2D eigenvalue weighted by Gasteiger charge is -2.26. The van der Waals surface area contributed by atoms with Crippen LogP contribution in [-0.2, 0) is 23.7 Å². The van der Waals surface area contributed by atoms with E-state index in [1.807, 2.05) is 6.07 Å². The number of anilines is 2. The average molecular weight is 587 g/mol. The molecule has 2 saturated heterocycles. The summed E-state index contributed by atoms with van der Waals surface area (Å²) in [5, 5.41) is 11.5. The maximum atomic E-state index is 12.7. The first-order valence-electron chi connectivity index (χ1n) is 15.0. The molecule has 4 rings (SSSR count). The van der Waals surface area contributed by atoms with Gasteiger partial charge in [-0.25, -0.2) is 4.98 Å². The van der Waals surface area contributed by atoms with Crippen molar-refractivity contribution in [3.05, 3.63) is 54.2 Å². The first-order valence-corrected chi connectivity index (χ1v) is 15.0. The third kappa shape index (κ3) is 10.5. The van der Waals surface area contributed by atoms with Crippen LogP contribution in [0.3, 0.4) is 0 Å². The molecule has 1 atom stereocenters. The van der Waals surface area contributed by atoms with Gasteiger partial charge < -0.3 is 43.9 Å². The van der Waals surface area contributed by atoms with Crippen molar-refractivity contribution in [2.45, 2.75) is 12.8 Å². The van der Waals surface area contributed by atoms with Crippen molar-refractivity contribution in [3.63, 3.8) is 0 Å². The summed E-state index contributed by atoms with van der Waals surface area (Å²) < 4.78 is 26.9. The molecule has 2 aromatic rings. The van der Waals surface area contributed by atoms with Crippen LogP contribution in [0.2, 0.25) is 0 Å². The van der Waals surface area contributed by atoms with E-state index in [2.05, 4.69) is 50.4 Å². The number of pyridine rings is 1. The van der Waals surface area contributed by atoms with Gasteiger partial charge in [-0.2, -0.15) is 0 Å². The van der Waals surface area contributed by atoms with E-state index in [-0.39, 0.29) is 17.9 Å². The third-order valence-electron chi connectivity index (χ3n) is 7.59. The number of ether oxygens (including phenoxy) is 5. The molecule has 2 aliphatic rings. The molecule has 1 aromatic heterocycles. The van der Waals surface area contributed by atoms with E-state index < -0.39 is 0 Å². The molecule has 0 bridgehead atoms. The average Bonchev–Trinajstić information content (AvgIpc) is 3.65. The maximum Gasteiger partial charge on any atom is 0.251 e. The highest BCUT2D eigenvalue weighted by Crippen LogP contribution is 2.42. The lowest BCUT2D eigenvalue weighted by Crippen LogP contribution is -2.31. The van der Waals surface area contributed by atoms with Crippen LogP contribution in [0.5, 0.6) is 0 Å². The molecule has 11 heteroatoms. The number of nitrogens with zero attached hydrogens (tertiary/aromatic N) is 3. The normalized spacial score (nSPS) is 18.3. The van der Waals surface area contributed by atoms with Crippen molar-refractivity contribution in [3.8, 4) is 0 Å². The second-order valence-electron chi connectivity index (χ2n) is 10.6. The molecule has 3 heterocycles. The van der Waals surface area contributed by atoms with Gasteiger partial charge in [-0.15, -0.1) is 0 Å². The standard InChI is InChI=1S/C31H46N4O7/c36-13-15-39-17-19-41-21-23-42-22-20-40-18-16-38-14-10-33-30(37)27-6-9-32-29(24-27)35-12-8-31(26-35)7-11-34(25-31)28-4-2-1-3-5-28/h1-6,9,24,36H,7-8,10-23,25-26H2,(H,33,37). The van der Waals surface area contributed by atoms with Gasteiger partial charge in [-0.3, -0.25) is 4.79 Å². The zero-order valence-electron chi connectivity index (χ0n) is 24.6. The van der Waals surface area contributed by atoms with Gasteiger partial charge >= 0.3 is 0 Å².